The van der Waals surface area contributed by atoms with E-state index in [1.165, 1.54) is 24.4 Å². The van der Waals surface area contributed by atoms with Crippen molar-refractivity contribution in [3.63, 3.8) is 0 Å². The van der Waals surface area contributed by atoms with E-state index in [2.05, 4.69) is 9.89 Å². The molecule has 0 aliphatic rings. The summed E-state index contributed by atoms with van der Waals surface area (Å²) in [7, 11) is 0. The number of alkyl halides is 3. The van der Waals surface area contributed by atoms with Crippen molar-refractivity contribution in [2.45, 2.75) is 13.0 Å². The Labute approximate surface area is 132 Å². The number of carboxylic acid groups (broad SMARTS) is 1. The van der Waals surface area contributed by atoms with E-state index in [-0.39, 0.29) is 17.2 Å². The van der Waals surface area contributed by atoms with Crippen LogP contribution in [0.25, 0.3) is 0 Å². The van der Waals surface area contributed by atoms with Gasteiger partial charge in [0.25, 0.3) is 0 Å². The van der Waals surface area contributed by atoms with Gasteiger partial charge in [-0.15, -0.1) is 24.5 Å². The van der Waals surface area contributed by atoms with Gasteiger partial charge < -0.3 is 14.7 Å². The largest absolute Gasteiger partial charge is 0.573 e. The van der Waals surface area contributed by atoms with Crippen LogP contribution in [0.1, 0.15) is 20.1 Å². The molecule has 2 rings (SSSR count). The highest BCUT2D eigenvalue weighted by atomic mass is 32.1. The van der Waals surface area contributed by atoms with E-state index in [4.69, 9.17) is 9.94 Å². The number of thiophene rings is 1. The van der Waals surface area contributed by atoms with Crippen LogP contribution < -0.4 is 4.74 Å². The highest BCUT2D eigenvalue weighted by Gasteiger charge is 2.30. The van der Waals surface area contributed by atoms with Gasteiger partial charge in [0, 0.05) is 4.88 Å². The maximum atomic E-state index is 12.0. The van der Waals surface area contributed by atoms with E-state index < -0.39 is 12.3 Å². The minimum atomic E-state index is -4.73. The monoisotopic (exact) mass is 345 g/mol. The summed E-state index contributed by atoms with van der Waals surface area (Å²) in [6.45, 7) is 0.101. The molecule has 0 spiro atoms. The maximum Gasteiger partial charge on any atom is 0.573 e. The first-order valence-corrected chi connectivity index (χ1v) is 6.98. The maximum absolute atomic E-state index is 12.0. The Kier molecular flexibility index (Phi) is 5.22. The number of benzene rings is 1. The van der Waals surface area contributed by atoms with Gasteiger partial charge in [-0.05, 0) is 42.0 Å². The number of carboxylic acids is 1. The number of nitrogens with zero attached hydrogens (tertiary/aromatic N) is 1. The Morgan fingerprint density at radius 2 is 1.91 bits per heavy atom. The van der Waals surface area contributed by atoms with Crippen LogP contribution in [-0.2, 0) is 11.4 Å². The normalized spacial score (nSPS) is 11.6. The fourth-order valence-electron chi connectivity index (χ4n) is 1.53. The second-order valence-electron chi connectivity index (χ2n) is 4.20. The third kappa shape index (κ3) is 5.62. The lowest BCUT2D eigenvalue weighted by molar-refractivity contribution is -0.274. The van der Waals surface area contributed by atoms with Crippen LogP contribution in [0.3, 0.4) is 0 Å². The van der Waals surface area contributed by atoms with E-state index in [1.807, 2.05) is 0 Å². The summed E-state index contributed by atoms with van der Waals surface area (Å²) in [5.41, 5.74) is 0.525. The first kappa shape index (κ1) is 16.8. The molecule has 1 heterocycles. The van der Waals surface area contributed by atoms with Crippen LogP contribution >= 0.6 is 11.3 Å². The predicted octanol–water partition coefficient (Wildman–Crippen LogP) is 3.90. The number of aromatic carboxylic acids is 1. The van der Waals surface area contributed by atoms with Gasteiger partial charge in [0.05, 0.1) is 6.21 Å². The van der Waals surface area contributed by atoms with Crippen LogP contribution in [0.15, 0.2) is 41.6 Å². The molecule has 5 nitrogen and oxygen atoms in total. The van der Waals surface area contributed by atoms with Crippen LogP contribution in [0, 0.1) is 0 Å². The number of hydrogen-bond donors (Lipinski definition) is 1. The zero-order chi connectivity index (χ0) is 16.9. The lowest BCUT2D eigenvalue weighted by Gasteiger charge is -2.08. The second-order valence-corrected chi connectivity index (χ2v) is 5.36. The fourth-order valence-corrected chi connectivity index (χ4v) is 2.28. The van der Waals surface area contributed by atoms with Crippen molar-refractivity contribution in [1.82, 2.24) is 0 Å². The van der Waals surface area contributed by atoms with Crippen molar-refractivity contribution >= 4 is 23.5 Å². The highest BCUT2D eigenvalue weighted by molar-refractivity contribution is 7.13. The molecular weight excluding hydrogens is 335 g/mol. The first-order chi connectivity index (χ1) is 10.8. The van der Waals surface area contributed by atoms with Crippen LogP contribution in [0.5, 0.6) is 5.75 Å². The van der Waals surface area contributed by atoms with Crippen molar-refractivity contribution in [1.29, 1.82) is 0 Å². The smallest absolute Gasteiger partial charge is 0.477 e. The van der Waals surface area contributed by atoms with E-state index in [1.54, 1.807) is 6.07 Å². The number of oxime groups is 1. The van der Waals surface area contributed by atoms with Crippen LogP contribution in [0.2, 0.25) is 0 Å². The van der Waals surface area contributed by atoms with Gasteiger partial charge in [0.2, 0.25) is 0 Å². The number of ether oxygens (including phenoxy) is 1. The van der Waals surface area contributed by atoms with Crippen molar-refractivity contribution in [2.24, 2.45) is 5.16 Å². The average molecular weight is 345 g/mol. The Hall–Kier alpha value is -2.55. The molecular formula is C14H10F3NO4S. The zero-order valence-electron chi connectivity index (χ0n) is 11.4. The van der Waals surface area contributed by atoms with Gasteiger partial charge in [-0.25, -0.2) is 4.79 Å². The van der Waals surface area contributed by atoms with Crippen LogP contribution in [0.4, 0.5) is 13.2 Å². The molecule has 0 saturated heterocycles. The van der Waals surface area contributed by atoms with Gasteiger partial charge in [0.1, 0.15) is 10.6 Å². The Bertz CT molecular complexity index is 695. The SMILES string of the molecule is O=C(O)c1ccc(CON=Cc2ccc(OC(F)(F)F)cc2)s1. The molecule has 0 aliphatic heterocycles. The van der Waals surface area contributed by atoms with Crippen molar-refractivity contribution in [2.75, 3.05) is 0 Å². The third-order valence-corrected chi connectivity index (χ3v) is 3.52. The quantitative estimate of drug-likeness (QED) is 0.637. The third-order valence-electron chi connectivity index (χ3n) is 2.47. The summed E-state index contributed by atoms with van der Waals surface area (Å²) in [6.07, 6.45) is -3.41. The lowest BCUT2D eigenvalue weighted by atomic mass is 10.2. The highest BCUT2D eigenvalue weighted by Crippen LogP contribution is 2.22. The van der Waals surface area contributed by atoms with Gasteiger partial charge >= 0.3 is 12.3 Å². The molecule has 0 aliphatic carbocycles. The molecule has 0 radical (unpaired) electrons. The average Bonchev–Trinajstić information content (AvgIpc) is 2.93. The molecule has 1 aromatic heterocycles. The molecule has 1 aromatic carbocycles. The summed E-state index contributed by atoms with van der Waals surface area (Å²) in [6, 6.07) is 8.19. The standard InChI is InChI=1S/C14H10F3NO4S/c15-14(16,17)22-10-3-1-9(2-4-10)7-18-21-8-11-5-6-12(23-11)13(19)20/h1-7H,8H2,(H,19,20). The van der Waals surface area contributed by atoms with Crippen molar-refractivity contribution < 1.29 is 32.6 Å². The molecule has 0 unspecified atom stereocenters. The van der Waals surface area contributed by atoms with Crippen molar-refractivity contribution in [3.05, 3.63) is 51.7 Å². The fraction of sp³-hybridized carbons (Fsp3) is 0.143. The van der Waals surface area contributed by atoms with E-state index >= 15 is 0 Å². The Balaban J connectivity index is 1.84. The molecule has 23 heavy (non-hydrogen) atoms. The predicted molar refractivity (Wildman–Crippen MR) is 76.8 cm³/mol. The first-order valence-electron chi connectivity index (χ1n) is 6.16. The van der Waals surface area contributed by atoms with Crippen molar-refractivity contribution in [3.8, 4) is 5.75 Å². The number of carbonyl (C=O) groups is 1. The van der Waals surface area contributed by atoms with Gasteiger partial charge in [-0.2, -0.15) is 0 Å². The van der Waals surface area contributed by atoms with E-state index in [0.29, 0.717) is 10.4 Å². The summed E-state index contributed by atoms with van der Waals surface area (Å²) in [5.74, 6) is -1.33. The lowest BCUT2D eigenvalue weighted by Crippen LogP contribution is -2.16. The molecule has 0 saturated carbocycles. The topological polar surface area (TPSA) is 68.1 Å². The van der Waals surface area contributed by atoms with E-state index in [9.17, 15) is 18.0 Å². The van der Waals surface area contributed by atoms with E-state index in [0.717, 1.165) is 23.5 Å². The molecule has 0 fully saturated rings. The molecule has 0 amide bonds. The Morgan fingerprint density at radius 3 is 2.48 bits per heavy atom. The summed E-state index contributed by atoms with van der Waals surface area (Å²) in [4.78, 5) is 16.6. The molecule has 0 bridgehead atoms. The molecule has 0 atom stereocenters. The Morgan fingerprint density at radius 1 is 1.22 bits per heavy atom. The molecule has 122 valence electrons. The summed E-state index contributed by atoms with van der Waals surface area (Å²) < 4.78 is 39.7. The summed E-state index contributed by atoms with van der Waals surface area (Å²) in [5, 5.41) is 12.4. The minimum absolute atomic E-state index is 0.101. The van der Waals surface area contributed by atoms with Crippen LogP contribution in [-0.4, -0.2) is 23.7 Å². The second kappa shape index (κ2) is 7.14. The molecule has 9 heteroatoms. The van der Waals surface area contributed by atoms with Gasteiger partial charge in [0.15, 0.2) is 6.61 Å². The van der Waals surface area contributed by atoms with Gasteiger partial charge in [-0.1, -0.05) is 5.16 Å². The summed E-state index contributed by atoms with van der Waals surface area (Å²) >= 11 is 1.07. The molecule has 1 N–H and O–H groups in total. The number of rotatable bonds is 6. The minimum Gasteiger partial charge on any atom is -0.477 e. The van der Waals surface area contributed by atoms with Gasteiger partial charge in [-0.3, -0.25) is 0 Å². The number of halogens is 3. The zero-order valence-corrected chi connectivity index (χ0v) is 12.2. The number of hydrogen-bond acceptors (Lipinski definition) is 5. The molecule has 2 aromatic rings.